The molecule has 0 aromatic heterocycles. The highest BCUT2D eigenvalue weighted by Gasteiger charge is 2.50. The number of hydrogen-bond acceptors (Lipinski definition) is 4. The van der Waals surface area contributed by atoms with Gasteiger partial charge in [0.15, 0.2) is 0 Å². The van der Waals surface area contributed by atoms with Gasteiger partial charge < -0.3 is 4.74 Å². The van der Waals surface area contributed by atoms with E-state index in [1.165, 1.54) is 18.9 Å². The third-order valence-electron chi connectivity index (χ3n) is 1.58. The van der Waals surface area contributed by atoms with E-state index in [4.69, 9.17) is 0 Å². The molecule has 1 aliphatic rings. The second-order valence-electron chi connectivity index (χ2n) is 2.40. The van der Waals surface area contributed by atoms with Crippen LogP contribution in [0.1, 0.15) is 6.92 Å². The van der Waals surface area contributed by atoms with Gasteiger partial charge >= 0.3 is 5.97 Å². The van der Waals surface area contributed by atoms with Gasteiger partial charge in [-0.25, -0.2) is 0 Å². The van der Waals surface area contributed by atoms with Crippen molar-refractivity contribution >= 4 is 22.8 Å². The van der Waals surface area contributed by atoms with Gasteiger partial charge in [-0.1, -0.05) is 11.8 Å². The minimum Gasteiger partial charge on any atom is -0.468 e. The highest BCUT2D eigenvalue weighted by Crippen LogP contribution is 2.40. The normalized spacial score (nSPS) is 31.2. The van der Waals surface area contributed by atoms with E-state index in [-0.39, 0.29) is 5.12 Å². The van der Waals surface area contributed by atoms with E-state index in [9.17, 15) is 9.59 Å². The first-order valence-electron chi connectivity index (χ1n) is 2.87. The molecule has 1 rings (SSSR count). The van der Waals surface area contributed by atoms with Gasteiger partial charge in [-0.05, 0) is 6.92 Å². The largest absolute Gasteiger partial charge is 0.468 e. The Kier molecular flexibility index (Phi) is 1.72. The molecule has 4 heteroatoms. The van der Waals surface area contributed by atoms with Crippen LogP contribution in [0.4, 0.5) is 0 Å². The number of methoxy groups -OCH3 is 1. The highest BCUT2D eigenvalue weighted by atomic mass is 32.2. The summed E-state index contributed by atoms with van der Waals surface area (Å²) in [6.07, 6.45) is 0. The summed E-state index contributed by atoms with van der Waals surface area (Å²) in [6, 6.07) is 0. The molecule has 10 heavy (non-hydrogen) atoms. The molecule has 0 spiro atoms. The molecule has 0 aromatic carbocycles. The Morgan fingerprint density at radius 2 is 2.40 bits per heavy atom. The second-order valence-corrected chi connectivity index (χ2v) is 3.35. The fourth-order valence-corrected chi connectivity index (χ4v) is 1.61. The van der Waals surface area contributed by atoms with Crippen LogP contribution in [0.25, 0.3) is 0 Å². The van der Waals surface area contributed by atoms with Crippen LogP contribution in [0.15, 0.2) is 0 Å². The summed E-state index contributed by atoms with van der Waals surface area (Å²) in [6.45, 7) is 1.61. The Morgan fingerprint density at radius 1 is 1.80 bits per heavy atom. The van der Waals surface area contributed by atoms with E-state index in [1.54, 1.807) is 6.92 Å². The molecule has 0 aliphatic carbocycles. The van der Waals surface area contributed by atoms with Crippen molar-refractivity contribution in [2.45, 2.75) is 6.92 Å². The molecule has 0 N–H and O–H groups in total. The third-order valence-corrected chi connectivity index (χ3v) is 3.01. The summed E-state index contributed by atoms with van der Waals surface area (Å²) in [5.74, 6) is 0.134. The average molecular weight is 160 g/mol. The van der Waals surface area contributed by atoms with Gasteiger partial charge in [0.2, 0.25) is 5.12 Å². The van der Waals surface area contributed by atoms with E-state index >= 15 is 0 Å². The number of esters is 1. The smallest absolute Gasteiger partial charge is 0.320 e. The summed E-state index contributed by atoms with van der Waals surface area (Å²) < 4.78 is 4.45. The first-order valence-corrected chi connectivity index (χ1v) is 3.85. The monoisotopic (exact) mass is 160 g/mol. The molecule has 1 aliphatic heterocycles. The van der Waals surface area contributed by atoms with Crippen LogP contribution in [-0.4, -0.2) is 23.9 Å². The SMILES string of the molecule is COC(=O)C1(C)CSC1=O. The molecule has 1 heterocycles. The van der Waals surface area contributed by atoms with Crippen LogP contribution >= 0.6 is 11.8 Å². The zero-order valence-electron chi connectivity index (χ0n) is 5.84. The summed E-state index contributed by atoms with van der Waals surface area (Å²) in [5.41, 5.74) is -0.848. The van der Waals surface area contributed by atoms with Crippen molar-refractivity contribution in [2.75, 3.05) is 12.9 Å². The minimum atomic E-state index is -0.848. The molecule has 1 unspecified atom stereocenters. The summed E-state index contributed by atoms with van der Waals surface area (Å²) in [5, 5.41) is -0.0839. The van der Waals surface area contributed by atoms with Gasteiger partial charge in [0.25, 0.3) is 0 Å². The Balaban J connectivity index is 2.69. The second kappa shape index (κ2) is 2.27. The van der Waals surface area contributed by atoms with Crippen LogP contribution in [0.5, 0.6) is 0 Å². The lowest BCUT2D eigenvalue weighted by atomic mass is 9.94. The standard InChI is InChI=1S/C6H8O3S/c1-6(4(7)9-2)3-10-5(6)8/h3H2,1-2H3. The zero-order valence-corrected chi connectivity index (χ0v) is 6.66. The summed E-state index contributed by atoms with van der Waals surface area (Å²) in [4.78, 5) is 21.7. The number of rotatable bonds is 1. The van der Waals surface area contributed by atoms with Crippen molar-refractivity contribution in [1.82, 2.24) is 0 Å². The molecule has 56 valence electrons. The van der Waals surface area contributed by atoms with Crippen molar-refractivity contribution in [3.05, 3.63) is 0 Å². The van der Waals surface area contributed by atoms with Gasteiger partial charge in [-0.3, -0.25) is 9.59 Å². The average Bonchev–Trinajstić information content (AvgIpc) is 1.98. The minimum absolute atomic E-state index is 0.0839. The molecule has 3 nitrogen and oxygen atoms in total. The lowest BCUT2D eigenvalue weighted by Crippen LogP contribution is -2.45. The molecule has 0 aromatic rings. The first-order chi connectivity index (χ1) is 4.61. The molecular formula is C6H8O3S. The molecule has 0 bridgehead atoms. The fourth-order valence-electron chi connectivity index (χ4n) is 0.715. The Hall–Kier alpha value is -0.510. The molecule has 0 amide bonds. The molecule has 0 saturated carbocycles. The van der Waals surface area contributed by atoms with E-state index in [2.05, 4.69) is 4.74 Å². The number of carbonyl (C=O) groups is 2. The van der Waals surface area contributed by atoms with E-state index < -0.39 is 11.4 Å². The Labute approximate surface area is 63.1 Å². The maximum absolute atomic E-state index is 10.9. The van der Waals surface area contributed by atoms with Gasteiger partial charge in [-0.15, -0.1) is 0 Å². The fraction of sp³-hybridized carbons (Fsp3) is 0.667. The summed E-state index contributed by atoms with van der Waals surface area (Å²) in [7, 11) is 1.30. The van der Waals surface area contributed by atoms with Crippen molar-refractivity contribution in [1.29, 1.82) is 0 Å². The number of thioether (sulfide) groups is 1. The van der Waals surface area contributed by atoms with Crippen LogP contribution in [0.3, 0.4) is 0 Å². The number of carbonyl (C=O) groups excluding carboxylic acids is 2. The highest BCUT2D eigenvalue weighted by molar-refractivity contribution is 8.16. The predicted molar refractivity (Wildman–Crippen MR) is 37.6 cm³/mol. The van der Waals surface area contributed by atoms with Crippen LogP contribution in [0.2, 0.25) is 0 Å². The van der Waals surface area contributed by atoms with Crippen LogP contribution < -0.4 is 0 Å². The maximum atomic E-state index is 10.9. The van der Waals surface area contributed by atoms with Crippen molar-refractivity contribution < 1.29 is 14.3 Å². The number of ether oxygens (including phenoxy) is 1. The van der Waals surface area contributed by atoms with Crippen LogP contribution in [0, 0.1) is 5.41 Å². The van der Waals surface area contributed by atoms with Crippen LogP contribution in [-0.2, 0) is 14.3 Å². The molecule has 1 fully saturated rings. The Bertz CT molecular complexity index is 189. The number of hydrogen-bond donors (Lipinski definition) is 0. The quantitative estimate of drug-likeness (QED) is 0.412. The van der Waals surface area contributed by atoms with Crippen molar-refractivity contribution in [2.24, 2.45) is 5.41 Å². The molecular weight excluding hydrogens is 152 g/mol. The topological polar surface area (TPSA) is 43.4 Å². The first kappa shape index (κ1) is 7.60. The lowest BCUT2D eigenvalue weighted by molar-refractivity contribution is -0.153. The Morgan fingerprint density at radius 3 is 2.50 bits per heavy atom. The lowest BCUT2D eigenvalue weighted by Gasteiger charge is -2.31. The zero-order chi connectivity index (χ0) is 7.78. The van der Waals surface area contributed by atoms with Gasteiger partial charge in [0, 0.05) is 5.75 Å². The summed E-state index contributed by atoms with van der Waals surface area (Å²) >= 11 is 1.17. The van der Waals surface area contributed by atoms with E-state index in [0.717, 1.165) is 0 Å². The van der Waals surface area contributed by atoms with Crippen molar-refractivity contribution in [3.8, 4) is 0 Å². The maximum Gasteiger partial charge on any atom is 0.320 e. The van der Waals surface area contributed by atoms with Gasteiger partial charge in [0.05, 0.1) is 7.11 Å². The molecule has 1 atom stereocenters. The van der Waals surface area contributed by atoms with E-state index in [1.807, 2.05) is 0 Å². The molecule has 0 radical (unpaired) electrons. The van der Waals surface area contributed by atoms with Crippen molar-refractivity contribution in [3.63, 3.8) is 0 Å². The third kappa shape index (κ3) is 0.831. The van der Waals surface area contributed by atoms with E-state index in [0.29, 0.717) is 5.75 Å². The molecule has 1 saturated heterocycles. The van der Waals surface area contributed by atoms with Gasteiger partial charge in [0.1, 0.15) is 5.41 Å². The van der Waals surface area contributed by atoms with Gasteiger partial charge in [-0.2, -0.15) is 0 Å². The predicted octanol–water partition coefficient (Wildman–Crippen LogP) is 0.439.